The van der Waals surface area contributed by atoms with Crippen LogP contribution >= 0.6 is 0 Å². The van der Waals surface area contributed by atoms with Gasteiger partial charge in [0, 0.05) is 55.5 Å². The van der Waals surface area contributed by atoms with Gasteiger partial charge >= 0.3 is 0 Å². The molecular formula is C34H76O14. The lowest BCUT2D eigenvalue weighted by atomic mass is 10.1. The van der Waals surface area contributed by atoms with E-state index in [0.717, 1.165) is 0 Å². The minimum Gasteiger partial charge on any atom is -0.384 e. The van der Waals surface area contributed by atoms with Crippen LogP contribution in [0.5, 0.6) is 0 Å². The van der Waals surface area contributed by atoms with Crippen molar-refractivity contribution in [2.75, 3.05) is 89.7 Å². The zero-order valence-electron chi connectivity index (χ0n) is 33.1. The van der Waals surface area contributed by atoms with Crippen molar-refractivity contribution in [3.63, 3.8) is 0 Å². The Morgan fingerprint density at radius 2 is 0.646 bits per heavy atom. The molecule has 0 aliphatic carbocycles. The number of hydrogen-bond acceptors (Lipinski definition) is 14. The molecule has 5 N–H and O–H groups in total. The molecular weight excluding hydrogens is 632 g/mol. The van der Waals surface area contributed by atoms with E-state index in [-0.39, 0.29) is 37.7 Å². The van der Waals surface area contributed by atoms with E-state index in [0.29, 0.717) is 55.8 Å². The molecule has 0 aliphatic rings. The van der Waals surface area contributed by atoms with E-state index in [1.807, 2.05) is 41.5 Å². The Balaban J connectivity index is -0.0000000442. The van der Waals surface area contributed by atoms with Gasteiger partial charge in [0.1, 0.15) is 27.2 Å². The van der Waals surface area contributed by atoms with Crippen molar-refractivity contribution in [1.29, 1.82) is 0 Å². The van der Waals surface area contributed by atoms with Crippen molar-refractivity contribution in [2.24, 2.45) is 0 Å². The summed E-state index contributed by atoms with van der Waals surface area (Å²) < 4.78 is 26.4. The van der Waals surface area contributed by atoms with Crippen LogP contribution in [0.3, 0.4) is 0 Å². The molecule has 0 spiro atoms. The summed E-state index contributed by atoms with van der Waals surface area (Å²) in [5.41, 5.74) is 1.84. The Labute approximate surface area is 293 Å². The van der Waals surface area contributed by atoms with Gasteiger partial charge in [0.25, 0.3) is 0 Å². The molecule has 0 aromatic heterocycles. The molecule has 0 aliphatic heterocycles. The summed E-state index contributed by atoms with van der Waals surface area (Å²) in [5, 5.41) is 37.2. The first-order valence-corrected chi connectivity index (χ1v) is 15.2. The van der Waals surface area contributed by atoms with E-state index in [9.17, 15) is 14.4 Å². The SMILES string of the molecule is C=C(C)C(=O)CCOC.C=C(C)C(=O)CCOC.C=C(CCOC)C(C)=O.CC.CC.CC.COCO.COCO.COCO.OCO. The maximum absolute atomic E-state index is 10.7. The van der Waals surface area contributed by atoms with Crippen molar-refractivity contribution in [3.05, 3.63) is 36.5 Å². The summed E-state index contributed by atoms with van der Waals surface area (Å²) in [6.45, 7) is 27.8. The highest BCUT2D eigenvalue weighted by atomic mass is 16.6. The van der Waals surface area contributed by atoms with Crippen molar-refractivity contribution in [1.82, 2.24) is 0 Å². The van der Waals surface area contributed by atoms with Gasteiger partial charge in [0.2, 0.25) is 0 Å². The maximum atomic E-state index is 10.7. The van der Waals surface area contributed by atoms with Crippen LogP contribution in [-0.4, -0.2) is 133 Å². The van der Waals surface area contributed by atoms with Gasteiger partial charge in [-0.15, -0.1) is 0 Å². The lowest BCUT2D eigenvalue weighted by molar-refractivity contribution is -0.117. The molecule has 48 heavy (non-hydrogen) atoms. The average molecular weight is 709 g/mol. The summed E-state index contributed by atoms with van der Waals surface area (Å²) in [7, 11) is 9.05. The highest BCUT2D eigenvalue weighted by Gasteiger charge is 2.00. The predicted molar refractivity (Wildman–Crippen MR) is 195 cm³/mol. The fraction of sp³-hybridized carbons (Fsp3) is 0.735. The van der Waals surface area contributed by atoms with Gasteiger partial charge in [-0.2, -0.15) is 0 Å². The minimum atomic E-state index is -0.750. The second-order valence-electron chi connectivity index (χ2n) is 7.19. The molecule has 14 heteroatoms. The molecule has 0 radical (unpaired) electrons. The van der Waals surface area contributed by atoms with Gasteiger partial charge in [-0.1, -0.05) is 61.3 Å². The molecule has 0 unspecified atom stereocenters. The van der Waals surface area contributed by atoms with Crippen molar-refractivity contribution < 1.29 is 68.3 Å². The first-order valence-electron chi connectivity index (χ1n) is 15.2. The average Bonchev–Trinajstić information content (AvgIpc) is 3.11. The maximum Gasteiger partial charge on any atom is 0.160 e. The number of carbonyl (C=O) groups is 3. The first-order chi connectivity index (χ1) is 22.7. The number of hydrogen-bond donors (Lipinski definition) is 5. The second-order valence-corrected chi connectivity index (χ2v) is 7.19. The highest BCUT2D eigenvalue weighted by Crippen LogP contribution is 1.98. The quantitative estimate of drug-likeness (QED) is 0.119. The van der Waals surface area contributed by atoms with Crippen LogP contribution in [0.25, 0.3) is 0 Å². The van der Waals surface area contributed by atoms with Crippen LogP contribution in [-0.2, 0) is 42.8 Å². The number of ether oxygens (including phenoxy) is 6. The first kappa shape index (κ1) is 71.7. The van der Waals surface area contributed by atoms with Crippen LogP contribution < -0.4 is 0 Å². The van der Waals surface area contributed by atoms with Crippen LogP contribution in [0.1, 0.15) is 81.6 Å². The van der Waals surface area contributed by atoms with Crippen LogP contribution in [0.15, 0.2) is 36.5 Å². The number of rotatable bonds is 15. The van der Waals surface area contributed by atoms with Crippen LogP contribution in [0, 0.1) is 0 Å². The normalized spacial score (nSPS) is 7.75. The van der Waals surface area contributed by atoms with Crippen LogP contribution in [0.2, 0.25) is 0 Å². The molecule has 0 aromatic rings. The molecule has 14 nitrogen and oxygen atoms in total. The molecule has 0 heterocycles. The monoisotopic (exact) mass is 709 g/mol. The minimum absolute atomic E-state index is 0.0482. The van der Waals surface area contributed by atoms with Gasteiger partial charge in [0.05, 0.1) is 19.8 Å². The third-order valence-electron chi connectivity index (χ3n) is 3.51. The molecule has 0 saturated carbocycles. The topological polar surface area (TPSA) is 208 Å². The summed E-state index contributed by atoms with van der Waals surface area (Å²) in [4.78, 5) is 31.9. The van der Waals surface area contributed by atoms with E-state index >= 15 is 0 Å². The van der Waals surface area contributed by atoms with E-state index in [2.05, 4.69) is 33.9 Å². The van der Waals surface area contributed by atoms with Gasteiger partial charge in [-0.05, 0) is 43.9 Å². The third kappa shape index (κ3) is 130. The number of allylic oxidation sites excluding steroid dienone is 2. The van der Waals surface area contributed by atoms with Crippen molar-refractivity contribution in [3.8, 4) is 0 Å². The summed E-state index contributed by atoms with van der Waals surface area (Å²) in [6, 6.07) is 0. The molecule has 0 amide bonds. The lowest BCUT2D eigenvalue weighted by Crippen LogP contribution is -2.02. The van der Waals surface area contributed by atoms with Crippen molar-refractivity contribution >= 4 is 17.3 Å². The standard InChI is InChI=1S/3C7H12O2.3C2H6O2.3C2H6.CH4O2/c1-6(7(2)8)4-5-9-3;2*1-6(2)7(8)4-5-9-3;3*1-4-2-3;3*1-2;2-1-3/h3*1,4-5H2,2-3H3;3*3H,2H2,1H3;3*1-2H3;2-3H,1H2. The van der Waals surface area contributed by atoms with Gasteiger partial charge in [-0.25, -0.2) is 0 Å². The number of Topliss-reactive ketones (excluding diaryl/α,β-unsaturated/α-hetero) is 3. The Kier molecular flexibility index (Phi) is 127. The van der Waals surface area contributed by atoms with E-state index in [1.165, 1.54) is 28.3 Å². The van der Waals surface area contributed by atoms with Gasteiger partial charge < -0.3 is 54.0 Å². The molecule has 0 aromatic carbocycles. The summed E-state index contributed by atoms with van der Waals surface area (Å²) in [6.07, 6.45) is 1.55. The fourth-order valence-corrected chi connectivity index (χ4v) is 1.22. The number of aliphatic hydroxyl groups is 5. The van der Waals surface area contributed by atoms with Crippen molar-refractivity contribution in [2.45, 2.75) is 81.6 Å². The Morgan fingerprint density at radius 3 is 0.771 bits per heavy atom. The Morgan fingerprint density at radius 1 is 0.458 bits per heavy atom. The third-order valence-corrected chi connectivity index (χ3v) is 3.51. The number of carbonyl (C=O) groups excluding carboxylic acids is 3. The molecule has 296 valence electrons. The second kappa shape index (κ2) is 85.0. The number of ketones is 3. The number of aliphatic hydroxyl groups excluding tert-OH is 4. The summed E-state index contributed by atoms with van der Waals surface area (Å²) >= 11 is 0. The Bertz CT molecular complexity index is 524. The van der Waals surface area contributed by atoms with E-state index < -0.39 is 6.79 Å². The zero-order valence-corrected chi connectivity index (χ0v) is 33.1. The highest BCUT2D eigenvalue weighted by molar-refractivity contribution is 5.94. The summed E-state index contributed by atoms with van der Waals surface area (Å²) in [5.74, 6) is 0.209. The molecule has 0 bridgehead atoms. The molecule has 0 rings (SSSR count). The van der Waals surface area contributed by atoms with E-state index in [4.69, 9.17) is 39.7 Å². The van der Waals surface area contributed by atoms with E-state index in [1.54, 1.807) is 35.2 Å². The molecule has 0 saturated heterocycles. The Hall–Kier alpha value is -2.21. The number of methoxy groups -OCH3 is 6. The smallest absolute Gasteiger partial charge is 0.160 e. The lowest BCUT2D eigenvalue weighted by Gasteiger charge is -1.97. The molecule has 0 fully saturated rings. The zero-order chi connectivity index (χ0) is 40.8. The molecule has 0 atom stereocenters. The predicted octanol–water partition coefficient (Wildman–Crippen LogP) is 4.26. The van der Waals surface area contributed by atoms with Gasteiger partial charge in [-0.3, -0.25) is 14.4 Å². The van der Waals surface area contributed by atoms with Crippen LogP contribution in [0.4, 0.5) is 0 Å². The van der Waals surface area contributed by atoms with Gasteiger partial charge in [0.15, 0.2) is 17.3 Å². The fourth-order valence-electron chi connectivity index (χ4n) is 1.22. The largest absolute Gasteiger partial charge is 0.384 e.